The molecule has 0 spiro atoms. The maximum atomic E-state index is 12.0. The third-order valence-corrected chi connectivity index (χ3v) is 4.34. The predicted molar refractivity (Wildman–Crippen MR) is 86.6 cm³/mol. The Labute approximate surface area is 129 Å². The van der Waals surface area contributed by atoms with Crippen molar-refractivity contribution in [2.75, 3.05) is 14.1 Å². The molecule has 1 atom stereocenters. The summed E-state index contributed by atoms with van der Waals surface area (Å²) in [4.78, 5) is 18.0. The van der Waals surface area contributed by atoms with Crippen molar-refractivity contribution >= 4 is 17.2 Å². The molecule has 0 radical (unpaired) electrons. The molecule has 0 aliphatic rings. The van der Waals surface area contributed by atoms with Gasteiger partial charge in [0.05, 0.1) is 6.04 Å². The maximum Gasteiger partial charge on any atom is 0.253 e. The third-order valence-electron chi connectivity index (χ3n) is 3.20. The second-order valence-electron chi connectivity index (χ2n) is 5.33. The first-order valence-corrected chi connectivity index (χ1v) is 7.81. The van der Waals surface area contributed by atoms with Gasteiger partial charge in [0.2, 0.25) is 0 Å². The van der Waals surface area contributed by atoms with E-state index in [4.69, 9.17) is 0 Å². The van der Waals surface area contributed by atoms with Crippen LogP contribution in [-0.4, -0.2) is 29.9 Å². The minimum Gasteiger partial charge on any atom is -0.345 e. The molecular weight excluding hydrogens is 282 g/mol. The van der Waals surface area contributed by atoms with Crippen LogP contribution in [0.3, 0.4) is 0 Å². The van der Waals surface area contributed by atoms with Crippen molar-refractivity contribution in [1.29, 1.82) is 0 Å². The van der Waals surface area contributed by atoms with E-state index in [0.29, 0.717) is 6.54 Å². The second-order valence-corrected chi connectivity index (χ2v) is 6.22. The largest absolute Gasteiger partial charge is 0.345 e. The summed E-state index contributed by atoms with van der Waals surface area (Å²) in [5.74, 6) is 0.0282. The van der Waals surface area contributed by atoms with Crippen LogP contribution in [0.5, 0.6) is 0 Å². The van der Waals surface area contributed by atoms with Gasteiger partial charge in [-0.05, 0) is 31.5 Å². The number of hydrogen-bond acceptors (Lipinski definition) is 4. The third kappa shape index (κ3) is 4.12. The highest BCUT2D eigenvalue weighted by Gasteiger charge is 2.11. The molecule has 1 amide bonds. The lowest BCUT2D eigenvalue weighted by molar-refractivity contribution is 0.0827. The Balaban J connectivity index is 2.00. The first-order valence-electron chi connectivity index (χ1n) is 6.93. The van der Waals surface area contributed by atoms with Gasteiger partial charge in [-0.1, -0.05) is 12.1 Å². The molecular formula is C16H21N3OS. The summed E-state index contributed by atoms with van der Waals surface area (Å²) in [5, 5.41) is 6.60. The summed E-state index contributed by atoms with van der Waals surface area (Å²) < 4.78 is 0. The van der Waals surface area contributed by atoms with Crippen LogP contribution in [0, 0.1) is 6.92 Å². The number of aromatic nitrogens is 1. The first-order chi connectivity index (χ1) is 9.97. The monoisotopic (exact) mass is 303 g/mol. The minimum atomic E-state index is 0.0282. The molecule has 0 aliphatic carbocycles. The number of carbonyl (C=O) groups excluding carboxylic acids is 1. The average molecular weight is 303 g/mol. The molecule has 0 aliphatic heterocycles. The van der Waals surface area contributed by atoms with E-state index in [1.54, 1.807) is 30.3 Å². The van der Waals surface area contributed by atoms with Gasteiger partial charge < -0.3 is 10.2 Å². The molecule has 1 aromatic carbocycles. The number of nitrogens with one attached hydrogen (secondary N) is 1. The zero-order valence-electron chi connectivity index (χ0n) is 12.9. The quantitative estimate of drug-likeness (QED) is 0.923. The Hall–Kier alpha value is -1.72. The van der Waals surface area contributed by atoms with Crippen molar-refractivity contribution < 1.29 is 4.79 Å². The Bertz CT molecular complexity index is 621. The van der Waals surface area contributed by atoms with Crippen LogP contribution in [0.25, 0.3) is 0 Å². The van der Waals surface area contributed by atoms with Crippen molar-refractivity contribution in [2.24, 2.45) is 0 Å². The number of thiazole rings is 1. The molecule has 0 bridgehead atoms. The van der Waals surface area contributed by atoms with E-state index in [-0.39, 0.29) is 11.9 Å². The summed E-state index contributed by atoms with van der Waals surface area (Å²) in [7, 11) is 3.53. The van der Waals surface area contributed by atoms with Gasteiger partial charge in [-0.15, -0.1) is 11.3 Å². The van der Waals surface area contributed by atoms with Crippen LogP contribution in [0.1, 0.15) is 39.6 Å². The van der Waals surface area contributed by atoms with Gasteiger partial charge in [-0.3, -0.25) is 4.79 Å². The average Bonchev–Trinajstić information content (AvgIpc) is 2.91. The Morgan fingerprint density at radius 1 is 1.43 bits per heavy atom. The molecule has 21 heavy (non-hydrogen) atoms. The highest BCUT2D eigenvalue weighted by atomic mass is 32.1. The van der Waals surface area contributed by atoms with Gasteiger partial charge >= 0.3 is 0 Å². The topological polar surface area (TPSA) is 45.2 Å². The summed E-state index contributed by atoms with van der Waals surface area (Å²) >= 11 is 1.67. The van der Waals surface area contributed by atoms with Crippen LogP contribution in [0.2, 0.25) is 0 Å². The van der Waals surface area contributed by atoms with E-state index in [0.717, 1.165) is 21.8 Å². The normalized spacial score (nSPS) is 12.2. The number of carbonyl (C=O) groups is 1. The van der Waals surface area contributed by atoms with Crippen LogP contribution in [0.4, 0.5) is 0 Å². The molecule has 0 saturated heterocycles. The van der Waals surface area contributed by atoms with Gasteiger partial charge in [-0.25, -0.2) is 4.98 Å². The molecule has 112 valence electrons. The standard InChI is InChI=1S/C16H21N3OS/c1-11-10-21-15(18-11)12(2)17-9-13-6-5-7-14(8-13)16(20)19(3)4/h5-8,10,12,17H,9H2,1-4H3/t12-/m0/s1. The van der Waals surface area contributed by atoms with Crippen molar-refractivity contribution in [3.63, 3.8) is 0 Å². The van der Waals surface area contributed by atoms with Gasteiger partial charge in [-0.2, -0.15) is 0 Å². The van der Waals surface area contributed by atoms with Gasteiger partial charge in [0.25, 0.3) is 5.91 Å². The van der Waals surface area contributed by atoms with Crippen molar-refractivity contribution in [2.45, 2.75) is 26.4 Å². The van der Waals surface area contributed by atoms with Crippen LogP contribution in [-0.2, 0) is 6.54 Å². The molecule has 1 aromatic heterocycles. The Morgan fingerprint density at radius 3 is 2.81 bits per heavy atom. The van der Waals surface area contributed by atoms with Crippen LogP contribution < -0.4 is 5.32 Å². The number of benzene rings is 1. The van der Waals surface area contributed by atoms with E-state index < -0.39 is 0 Å². The fraction of sp³-hybridized carbons (Fsp3) is 0.375. The first kappa shape index (κ1) is 15.7. The SMILES string of the molecule is Cc1csc([C@H](C)NCc2cccc(C(=O)N(C)C)c2)n1. The molecule has 1 N–H and O–H groups in total. The summed E-state index contributed by atoms with van der Waals surface area (Å²) in [6, 6.07) is 7.94. The van der Waals surface area contributed by atoms with E-state index in [1.165, 1.54) is 0 Å². The molecule has 1 heterocycles. The zero-order chi connectivity index (χ0) is 15.4. The molecule has 5 heteroatoms. The molecule has 0 fully saturated rings. The van der Waals surface area contributed by atoms with Gasteiger partial charge in [0, 0.05) is 37.3 Å². The minimum absolute atomic E-state index is 0.0282. The van der Waals surface area contributed by atoms with E-state index in [1.807, 2.05) is 31.2 Å². The van der Waals surface area contributed by atoms with E-state index in [9.17, 15) is 4.79 Å². The maximum absolute atomic E-state index is 12.0. The summed E-state index contributed by atoms with van der Waals surface area (Å²) in [6.07, 6.45) is 0. The number of rotatable bonds is 5. The van der Waals surface area contributed by atoms with Gasteiger partial charge in [0.15, 0.2) is 0 Å². The lowest BCUT2D eigenvalue weighted by Gasteiger charge is -2.13. The fourth-order valence-electron chi connectivity index (χ4n) is 2.00. The molecule has 0 unspecified atom stereocenters. The van der Waals surface area contributed by atoms with Gasteiger partial charge in [0.1, 0.15) is 5.01 Å². The smallest absolute Gasteiger partial charge is 0.253 e. The predicted octanol–water partition coefficient (Wildman–Crippen LogP) is 3.00. The number of nitrogens with zero attached hydrogens (tertiary/aromatic N) is 2. The summed E-state index contributed by atoms with van der Waals surface area (Å²) in [5.41, 5.74) is 2.88. The number of hydrogen-bond donors (Lipinski definition) is 1. The van der Waals surface area contributed by atoms with E-state index in [2.05, 4.69) is 22.6 Å². The highest BCUT2D eigenvalue weighted by Crippen LogP contribution is 2.18. The Kier molecular flexibility index (Phi) is 5.09. The Morgan fingerprint density at radius 2 is 2.19 bits per heavy atom. The van der Waals surface area contributed by atoms with Crippen LogP contribution in [0.15, 0.2) is 29.6 Å². The lowest BCUT2D eigenvalue weighted by atomic mass is 10.1. The molecule has 0 saturated carbocycles. The molecule has 4 nitrogen and oxygen atoms in total. The number of aryl methyl sites for hydroxylation is 1. The fourth-order valence-corrected chi connectivity index (χ4v) is 2.83. The number of amides is 1. The zero-order valence-corrected chi connectivity index (χ0v) is 13.7. The van der Waals surface area contributed by atoms with Crippen molar-refractivity contribution in [3.05, 3.63) is 51.5 Å². The lowest BCUT2D eigenvalue weighted by Crippen LogP contribution is -2.22. The second kappa shape index (κ2) is 6.83. The highest BCUT2D eigenvalue weighted by molar-refractivity contribution is 7.09. The van der Waals surface area contributed by atoms with Crippen molar-refractivity contribution in [3.8, 4) is 0 Å². The van der Waals surface area contributed by atoms with E-state index >= 15 is 0 Å². The van der Waals surface area contributed by atoms with Crippen molar-refractivity contribution in [1.82, 2.24) is 15.2 Å². The molecule has 2 rings (SSSR count). The summed E-state index contributed by atoms with van der Waals surface area (Å²) in [6.45, 7) is 4.82. The molecule has 2 aromatic rings. The van der Waals surface area contributed by atoms with Crippen LogP contribution >= 0.6 is 11.3 Å².